The van der Waals surface area contributed by atoms with Crippen LogP contribution < -0.4 is 0 Å². The highest BCUT2D eigenvalue weighted by atomic mass is 28.3. The fourth-order valence-electron chi connectivity index (χ4n) is 3.65. The van der Waals surface area contributed by atoms with Crippen LogP contribution in [0.5, 0.6) is 0 Å². The molecule has 1 aromatic rings. The molecule has 0 aliphatic heterocycles. The van der Waals surface area contributed by atoms with E-state index in [1.807, 2.05) is 31.2 Å². The van der Waals surface area contributed by atoms with Crippen LogP contribution in [0, 0.1) is 30.2 Å². The maximum absolute atomic E-state index is 10.2. The van der Waals surface area contributed by atoms with Gasteiger partial charge in [-0.2, -0.15) is 0 Å². The predicted molar refractivity (Wildman–Crippen MR) is 103 cm³/mol. The van der Waals surface area contributed by atoms with Crippen molar-refractivity contribution < 1.29 is 5.11 Å². The van der Waals surface area contributed by atoms with Gasteiger partial charge in [0.05, 0.1) is 0 Å². The number of aliphatic hydroxyl groups excluding tert-OH is 1. The van der Waals surface area contributed by atoms with Gasteiger partial charge in [-0.05, 0) is 46.5 Å². The molecule has 1 aromatic carbocycles. The van der Waals surface area contributed by atoms with Gasteiger partial charge < -0.3 is 5.11 Å². The molecule has 0 aromatic heterocycles. The summed E-state index contributed by atoms with van der Waals surface area (Å²) in [4.78, 5) is 0. The molecule has 0 unspecified atom stereocenters. The molecule has 1 nitrogen and oxygen atoms in total. The van der Waals surface area contributed by atoms with E-state index < -0.39 is 14.2 Å². The minimum Gasteiger partial charge on any atom is -0.376 e. The Hall–Kier alpha value is -1.48. The van der Waals surface area contributed by atoms with E-state index in [1.54, 1.807) is 0 Å². The summed E-state index contributed by atoms with van der Waals surface area (Å²) in [6.45, 7) is 15.7. The molecule has 0 heterocycles. The van der Waals surface area contributed by atoms with Crippen LogP contribution in [0.25, 0.3) is 0 Å². The zero-order valence-corrected chi connectivity index (χ0v) is 16.6. The van der Waals surface area contributed by atoms with Gasteiger partial charge in [-0.15, -0.1) is 5.54 Å². The van der Waals surface area contributed by atoms with E-state index in [0.29, 0.717) is 16.6 Å². The largest absolute Gasteiger partial charge is 0.376 e. The predicted octanol–water partition coefficient (Wildman–Crippen LogP) is 5.25. The second-order valence-electron chi connectivity index (χ2n) is 7.18. The summed E-state index contributed by atoms with van der Waals surface area (Å²) in [7, 11) is -1.74. The van der Waals surface area contributed by atoms with Crippen molar-refractivity contribution in [1.82, 2.24) is 0 Å². The van der Waals surface area contributed by atoms with Gasteiger partial charge in [0.2, 0.25) is 0 Å². The third-order valence-electron chi connectivity index (χ3n) is 4.90. The number of aryl methyl sites for hydroxylation is 1. The minimum absolute atomic E-state index is 0.595. The number of benzene rings is 1. The van der Waals surface area contributed by atoms with Crippen LogP contribution in [0.3, 0.4) is 0 Å². The van der Waals surface area contributed by atoms with E-state index in [2.05, 4.69) is 64.8 Å². The van der Waals surface area contributed by atoms with Gasteiger partial charge in [-0.1, -0.05) is 71.7 Å². The lowest BCUT2D eigenvalue weighted by molar-refractivity contribution is 0.237. The molecule has 0 radical (unpaired) electrons. The van der Waals surface area contributed by atoms with Crippen LogP contribution >= 0.6 is 0 Å². The van der Waals surface area contributed by atoms with Crippen molar-refractivity contribution >= 4 is 8.07 Å². The molecular formula is C21H30OSi. The first kappa shape index (κ1) is 19.6. The molecule has 0 spiro atoms. The summed E-state index contributed by atoms with van der Waals surface area (Å²) < 4.78 is 0. The average molecular weight is 327 g/mol. The van der Waals surface area contributed by atoms with Crippen LogP contribution in [0.4, 0.5) is 0 Å². The van der Waals surface area contributed by atoms with E-state index in [1.165, 1.54) is 0 Å². The molecule has 1 N–H and O–H groups in total. The SMILES string of the molecule is Cc1ccccc1[C@H](O)C#CC#C[Si](C(C)C)(C(C)C)C(C)C. The molecular weight excluding hydrogens is 296 g/mol. The Morgan fingerprint density at radius 3 is 1.87 bits per heavy atom. The molecule has 0 bridgehead atoms. The van der Waals surface area contributed by atoms with Crippen molar-refractivity contribution in [1.29, 1.82) is 0 Å². The Morgan fingerprint density at radius 1 is 0.870 bits per heavy atom. The summed E-state index contributed by atoms with van der Waals surface area (Å²) in [6, 6.07) is 7.79. The van der Waals surface area contributed by atoms with Gasteiger partial charge in [0.15, 0.2) is 0 Å². The Balaban J connectivity index is 3.06. The van der Waals surface area contributed by atoms with Crippen LogP contribution in [-0.4, -0.2) is 13.2 Å². The van der Waals surface area contributed by atoms with Gasteiger partial charge in [-0.3, -0.25) is 0 Å². The van der Waals surface area contributed by atoms with Gasteiger partial charge in [0.25, 0.3) is 0 Å². The first-order valence-electron chi connectivity index (χ1n) is 8.49. The van der Waals surface area contributed by atoms with Gasteiger partial charge in [0.1, 0.15) is 14.2 Å². The van der Waals surface area contributed by atoms with Crippen LogP contribution in [0.2, 0.25) is 16.6 Å². The van der Waals surface area contributed by atoms with Crippen LogP contribution in [-0.2, 0) is 0 Å². The fourth-order valence-corrected chi connectivity index (χ4v) is 8.79. The second kappa shape index (κ2) is 8.39. The number of hydrogen-bond donors (Lipinski definition) is 1. The number of aliphatic hydroxyl groups is 1. The monoisotopic (exact) mass is 326 g/mol. The highest BCUT2D eigenvalue weighted by molar-refractivity contribution is 6.90. The highest BCUT2D eigenvalue weighted by Gasteiger charge is 2.41. The standard InChI is InChI=1S/C21H30OSi/c1-16(2)23(17(3)4,18(5)6)15-11-10-14-21(22)20-13-9-8-12-19(20)7/h8-9,12-13,16-18,21-22H,1-7H3/t21-/m1/s1. The number of hydrogen-bond acceptors (Lipinski definition) is 1. The van der Waals surface area contributed by atoms with E-state index in [9.17, 15) is 5.11 Å². The third kappa shape index (κ3) is 4.50. The van der Waals surface area contributed by atoms with Crippen molar-refractivity contribution in [3.05, 3.63) is 35.4 Å². The average Bonchev–Trinajstić information content (AvgIpc) is 2.46. The molecule has 2 heteroatoms. The fraction of sp³-hybridized carbons (Fsp3) is 0.524. The molecule has 23 heavy (non-hydrogen) atoms. The molecule has 0 saturated heterocycles. The van der Waals surface area contributed by atoms with Crippen molar-refractivity contribution in [2.24, 2.45) is 0 Å². The van der Waals surface area contributed by atoms with E-state index in [4.69, 9.17) is 0 Å². The molecule has 0 aliphatic rings. The lowest BCUT2D eigenvalue weighted by Crippen LogP contribution is -2.43. The van der Waals surface area contributed by atoms with Gasteiger partial charge >= 0.3 is 0 Å². The quantitative estimate of drug-likeness (QED) is 0.591. The first-order chi connectivity index (χ1) is 10.7. The van der Waals surface area contributed by atoms with Crippen molar-refractivity contribution in [2.75, 3.05) is 0 Å². The topological polar surface area (TPSA) is 20.2 Å². The Bertz CT molecular complexity index is 613. The van der Waals surface area contributed by atoms with Gasteiger partial charge in [0, 0.05) is 0 Å². The third-order valence-corrected chi connectivity index (χ3v) is 11.2. The Morgan fingerprint density at radius 2 is 1.39 bits per heavy atom. The summed E-state index contributed by atoms with van der Waals surface area (Å²) in [5.74, 6) is 8.87. The molecule has 1 atom stereocenters. The zero-order chi connectivity index (χ0) is 17.6. The van der Waals surface area contributed by atoms with Crippen molar-refractivity contribution in [3.8, 4) is 23.3 Å². The Kier molecular flexibility index (Phi) is 7.14. The zero-order valence-electron chi connectivity index (χ0n) is 15.6. The summed E-state index contributed by atoms with van der Waals surface area (Å²) in [5.41, 5.74) is 7.26. The molecule has 1 rings (SSSR count). The van der Waals surface area contributed by atoms with E-state index >= 15 is 0 Å². The van der Waals surface area contributed by atoms with E-state index in [-0.39, 0.29) is 0 Å². The summed E-state index contributed by atoms with van der Waals surface area (Å²) in [6.07, 6.45) is -0.765. The van der Waals surface area contributed by atoms with Crippen LogP contribution in [0.15, 0.2) is 24.3 Å². The van der Waals surface area contributed by atoms with E-state index in [0.717, 1.165) is 11.1 Å². The van der Waals surface area contributed by atoms with Gasteiger partial charge in [-0.25, -0.2) is 0 Å². The van der Waals surface area contributed by atoms with Crippen molar-refractivity contribution in [3.63, 3.8) is 0 Å². The molecule has 0 amide bonds. The summed E-state index contributed by atoms with van der Waals surface area (Å²) in [5, 5.41) is 10.2. The maximum atomic E-state index is 10.2. The lowest BCUT2D eigenvalue weighted by atomic mass is 10.0. The summed E-state index contributed by atoms with van der Waals surface area (Å²) >= 11 is 0. The Labute approximate surface area is 143 Å². The normalized spacial score (nSPS) is 12.7. The smallest absolute Gasteiger partial charge is 0.147 e. The molecule has 0 saturated carbocycles. The molecule has 0 aliphatic carbocycles. The van der Waals surface area contributed by atoms with Crippen molar-refractivity contribution in [2.45, 2.75) is 71.2 Å². The highest BCUT2D eigenvalue weighted by Crippen LogP contribution is 2.40. The molecule has 0 fully saturated rings. The first-order valence-corrected chi connectivity index (χ1v) is 10.7. The lowest BCUT2D eigenvalue weighted by Gasteiger charge is -2.37. The second-order valence-corrected chi connectivity index (χ2v) is 12.8. The minimum atomic E-state index is -1.74. The molecule has 124 valence electrons. The number of rotatable bonds is 4. The maximum Gasteiger partial charge on any atom is 0.147 e. The van der Waals surface area contributed by atoms with Crippen LogP contribution in [0.1, 0.15) is 58.8 Å².